The smallest absolute Gasteiger partial charge is 0.235 e. The Balaban J connectivity index is 2.17. The van der Waals surface area contributed by atoms with E-state index in [-0.39, 0.29) is 0 Å². The van der Waals surface area contributed by atoms with Crippen LogP contribution in [-0.2, 0) is 15.3 Å². The van der Waals surface area contributed by atoms with Gasteiger partial charge in [0.15, 0.2) is 5.72 Å². The van der Waals surface area contributed by atoms with E-state index in [1.165, 1.54) is 11.3 Å². The minimum Gasteiger partial charge on any atom is -0.369 e. The monoisotopic (exact) mass is 341 g/mol. The number of primary amides is 1. The number of nitrogens with two attached hydrogens (primary N) is 1. The number of hydrogen-bond acceptors (Lipinski definition) is 5. The number of nitriles is 1. The lowest BCUT2D eigenvalue weighted by Gasteiger charge is -2.44. The fraction of sp³-hybridized carbons (Fsp3) is 0.235. The number of thiophene rings is 1. The first-order chi connectivity index (χ1) is 11.5. The predicted octanol–water partition coefficient (Wildman–Crippen LogP) is 1.05. The Morgan fingerprint density at radius 2 is 2.04 bits per heavy atom. The summed E-state index contributed by atoms with van der Waals surface area (Å²) < 4.78 is 0. The zero-order chi connectivity index (χ0) is 17.3. The quantitative estimate of drug-likeness (QED) is 0.723. The van der Waals surface area contributed by atoms with Crippen molar-refractivity contribution in [3.8, 4) is 6.07 Å². The van der Waals surface area contributed by atoms with E-state index >= 15 is 0 Å². The number of amides is 2. The Morgan fingerprint density at radius 3 is 2.58 bits per heavy atom. The lowest BCUT2D eigenvalue weighted by molar-refractivity contribution is -0.153. The number of carbonyl (C=O) groups excluding carboxylic acids is 2. The van der Waals surface area contributed by atoms with Crippen LogP contribution in [0, 0.1) is 23.2 Å². The molecule has 24 heavy (non-hydrogen) atoms. The maximum absolute atomic E-state index is 12.5. The number of rotatable bonds is 3. The van der Waals surface area contributed by atoms with E-state index < -0.39 is 35.3 Å². The summed E-state index contributed by atoms with van der Waals surface area (Å²) in [6.45, 7) is 0. The molecule has 1 aromatic carbocycles. The van der Waals surface area contributed by atoms with E-state index in [0.29, 0.717) is 11.1 Å². The van der Waals surface area contributed by atoms with Gasteiger partial charge in [0.2, 0.25) is 11.8 Å². The molecule has 1 saturated heterocycles. The molecule has 6 nitrogen and oxygen atoms in total. The molecule has 0 aliphatic carbocycles. The van der Waals surface area contributed by atoms with E-state index in [0.717, 1.165) is 0 Å². The zero-order valence-corrected chi connectivity index (χ0v) is 13.4. The molecular weight excluding hydrogens is 326 g/mol. The van der Waals surface area contributed by atoms with Gasteiger partial charge < -0.3 is 16.2 Å². The van der Waals surface area contributed by atoms with Crippen molar-refractivity contribution in [2.75, 3.05) is 0 Å². The molecule has 4 N–H and O–H groups in total. The van der Waals surface area contributed by atoms with Crippen molar-refractivity contribution in [3.63, 3.8) is 0 Å². The van der Waals surface area contributed by atoms with Crippen molar-refractivity contribution >= 4 is 23.2 Å². The summed E-state index contributed by atoms with van der Waals surface area (Å²) in [5.74, 6) is -4.61. The minimum atomic E-state index is -1.90. The average Bonchev–Trinajstić information content (AvgIpc) is 3.08. The maximum Gasteiger partial charge on any atom is 0.235 e. The molecule has 1 aromatic heterocycles. The summed E-state index contributed by atoms with van der Waals surface area (Å²) in [7, 11) is 0. The molecule has 3 rings (SSSR count). The van der Waals surface area contributed by atoms with Crippen LogP contribution in [0.15, 0.2) is 47.2 Å². The number of hydrogen-bond donors (Lipinski definition) is 3. The van der Waals surface area contributed by atoms with Crippen LogP contribution < -0.4 is 11.1 Å². The molecule has 2 amide bonds. The van der Waals surface area contributed by atoms with Gasteiger partial charge in [0.05, 0.1) is 6.07 Å². The molecule has 2 aromatic rings. The van der Waals surface area contributed by atoms with Crippen molar-refractivity contribution in [3.05, 3.63) is 58.3 Å². The van der Waals surface area contributed by atoms with Gasteiger partial charge in [0.1, 0.15) is 11.8 Å². The SMILES string of the molecule is N#C[C@@H]1[C@H](c2ccsc2)[C@H](C(N)=O)C(=O)N[C@]1(O)c1ccccc1. The first kappa shape index (κ1) is 16.2. The molecular formula is C17H15N3O3S. The fourth-order valence-corrected chi connectivity index (χ4v) is 3.94. The average molecular weight is 341 g/mol. The number of nitrogens with one attached hydrogen (secondary N) is 1. The lowest BCUT2D eigenvalue weighted by Crippen LogP contribution is -2.62. The molecule has 2 heterocycles. The molecule has 1 aliphatic heterocycles. The second-order valence-electron chi connectivity index (χ2n) is 5.69. The summed E-state index contributed by atoms with van der Waals surface area (Å²) in [6.07, 6.45) is 0. The van der Waals surface area contributed by atoms with Crippen LogP contribution in [-0.4, -0.2) is 16.9 Å². The largest absolute Gasteiger partial charge is 0.369 e. The van der Waals surface area contributed by atoms with Gasteiger partial charge >= 0.3 is 0 Å². The first-order valence-corrected chi connectivity index (χ1v) is 8.24. The van der Waals surface area contributed by atoms with Crippen LogP contribution in [0.5, 0.6) is 0 Å². The number of aliphatic hydroxyl groups is 1. The van der Waals surface area contributed by atoms with E-state index in [9.17, 15) is 20.0 Å². The van der Waals surface area contributed by atoms with E-state index in [1.54, 1.807) is 47.2 Å². The van der Waals surface area contributed by atoms with Gasteiger partial charge in [-0.3, -0.25) is 9.59 Å². The third-order valence-electron chi connectivity index (χ3n) is 4.35. The number of carbonyl (C=O) groups is 2. The van der Waals surface area contributed by atoms with Crippen molar-refractivity contribution in [1.29, 1.82) is 5.26 Å². The number of benzene rings is 1. The van der Waals surface area contributed by atoms with Gasteiger partial charge in [0.25, 0.3) is 0 Å². The Kier molecular flexibility index (Phi) is 4.09. The van der Waals surface area contributed by atoms with Gasteiger partial charge in [-0.2, -0.15) is 16.6 Å². The lowest BCUT2D eigenvalue weighted by atomic mass is 9.68. The van der Waals surface area contributed by atoms with Crippen LogP contribution >= 0.6 is 11.3 Å². The molecule has 1 fully saturated rings. The van der Waals surface area contributed by atoms with Crippen molar-refractivity contribution in [2.24, 2.45) is 17.6 Å². The van der Waals surface area contributed by atoms with E-state index in [1.807, 2.05) is 0 Å². The van der Waals surface area contributed by atoms with E-state index in [2.05, 4.69) is 11.4 Å². The highest BCUT2D eigenvalue weighted by Gasteiger charge is 2.55. The summed E-state index contributed by atoms with van der Waals surface area (Å²) in [5.41, 5.74) is 4.53. The Morgan fingerprint density at radius 1 is 1.33 bits per heavy atom. The highest BCUT2D eigenvalue weighted by molar-refractivity contribution is 7.08. The summed E-state index contributed by atoms with van der Waals surface area (Å²) in [4.78, 5) is 24.4. The van der Waals surface area contributed by atoms with Crippen LogP contribution in [0.1, 0.15) is 17.0 Å². The van der Waals surface area contributed by atoms with Crippen LogP contribution in [0.2, 0.25) is 0 Å². The number of piperidine rings is 1. The molecule has 0 radical (unpaired) electrons. The zero-order valence-electron chi connectivity index (χ0n) is 12.5. The van der Waals surface area contributed by atoms with Crippen LogP contribution in [0.25, 0.3) is 0 Å². The highest BCUT2D eigenvalue weighted by atomic mass is 32.1. The third-order valence-corrected chi connectivity index (χ3v) is 5.05. The second-order valence-corrected chi connectivity index (χ2v) is 6.47. The normalized spacial score (nSPS) is 29.5. The Labute approximate surface area is 142 Å². The molecule has 7 heteroatoms. The van der Waals surface area contributed by atoms with E-state index in [4.69, 9.17) is 5.73 Å². The molecule has 122 valence electrons. The van der Waals surface area contributed by atoms with Crippen molar-refractivity contribution < 1.29 is 14.7 Å². The Bertz CT molecular complexity index is 800. The summed E-state index contributed by atoms with van der Waals surface area (Å²) in [5, 5.41) is 26.8. The van der Waals surface area contributed by atoms with Crippen LogP contribution in [0.3, 0.4) is 0 Å². The maximum atomic E-state index is 12.5. The fourth-order valence-electron chi connectivity index (χ4n) is 3.23. The minimum absolute atomic E-state index is 0.382. The van der Waals surface area contributed by atoms with Gasteiger partial charge in [-0.1, -0.05) is 30.3 Å². The molecule has 4 atom stereocenters. The van der Waals surface area contributed by atoms with Crippen molar-refractivity contribution in [2.45, 2.75) is 11.6 Å². The highest BCUT2D eigenvalue weighted by Crippen LogP contribution is 2.45. The Hall–Kier alpha value is -2.69. The molecule has 1 aliphatic rings. The van der Waals surface area contributed by atoms with Gasteiger partial charge in [0, 0.05) is 11.5 Å². The summed E-state index contributed by atoms with van der Waals surface area (Å²) in [6, 6.07) is 12.2. The second kappa shape index (κ2) is 6.07. The number of nitrogens with zero attached hydrogens (tertiary/aromatic N) is 1. The van der Waals surface area contributed by atoms with Crippen LogP contribution in [0.4, 0.5) is 0 Å². The molecule has 0 spiro atoms. The van der Waals surface area contributed by atoms with Gasteiger partial charge in [-0.05, 0) is 22.4 Å². The molecule has 0 bridgehead atoms. The van der Waals surface area contributed by atoms with Gasteiger partial charge in [-0.25, -0.2) is 0 Å². The topological polar surface area (TPSA) is 116 Å². The van der Waals surface area contributed by atoms with Gasteiger partial charge in [-0.15, -0.1) is 0 Å². The third kappa shape index (κ3) is 2.46. The first-order valence-electron chi connectivity index (χ1n) is 7.30. The molecule has 0 saturated carbocycles. The standard InChI is InChI=1S/C17H15N3O3S/c18-8-12-13(10-6-7-24-9-10)14(15(19)21)16(22)20-17(12,23)11-4-2-1-3-5-11/h1-7,9,12-14,23H,(H2,19,21)(H,20,22)/t12-,13+,14-,17+/m1/s1. The summed E-state index contributed by atoms with van der Waals surface area (Å²) >= 11 is 1.38. The van der Waals surface area contributed by atoms with Crippen molar-refractivity contribution in [1.82, 2.24) is 5.32 Å². The predicted molar refractivity (Wildman–Crippen MR) is 87.3 cm³/mol. The molecule has 0 unspecified atom stereocenters.